The highest BCUT2D eigenvalue weighted by Gasteiger charge is 2.38. The average Bonchev–Trinajstić information content (AvgIpc) is 3.48. The van der Waals surface area contributed by atoms with E-state index in [0.29, 0.717) is 31.8 Å². The largest absolute Gasteiger partial charge is 0.490 e. The van der Waals surface area contributed by atoms with Crippen molar-refractivity contribution in [1.82, 2.24) is 20.1 Å². The summed E-state index contributed by atoms with van der Waals surface area (Å²) in [5.74, 6) is -3.43. The van der Waals surface area contributed by atoms with Crippen LogP contribution in [0.5, 0.6) is 0 Å². The molecule has 1 saturated heterocycles. The first-order chi connectivity index (χ1) is 21.9. The van der Waals surface area contributed by atoms with Crippen LogP contribution in [-0.2, 0) is 32.1 Å². The normalized spacial score (nSPS) is 15.2. The van der Waals surface area contributed by atoms with Crippen LogP contribution in [0.25, 0.3) is 10.8 Å². The average molecular weight is 663 g/mol. The lowest BCUT2D eigenvalue weighted by Gasteiger charge is -2.31. The number of aromatic nitrogens is 1. The maximum Gasteiger partial charge on any atom is 0.490 e. The molecule has 10 nitrogen and oxygen atoms in total. The van der Waals surface area contributed by atoms with Gasteiger partial charge in [0.2, 0.25) is 11.8 Å². The molecule has 1 aliphatic heterocycles. The van der Waals surface area contributed by atoms with Crippen LogP contribution in [0.1, 0.15) is 30.5 Å². The fourth-order valence-electron chi connectivity index (χ4n) is 5.20. The number of carboxylic acids is 2. The van der Waals surface area contributed by atoms with Crippen molar-refractivity contribution in [2.75, 3.05) is 31.6 Å². The lowest BCUT2D eigenvalue weighted by Crippen LogP contribution is -2.49. The Bertz CT molecular complexity index is 1470. The molecule has 1 aromatic heterocycles. The summed E-state index contributed by atoms with van der Waals surface area (Å²) in [6, 6.07) is 18.9. The van der Waals surface area contributed by atoms with E-state index in [9.17, 15) is 32.7 Å². The molecule has 1 aliphatic rings. The van der Waals surface area contributed by atoms with Gasteiger partial charge in [0.25, 0.3) is 0 Å². The number of likely N-dealkylation sites (tertiary alicyclic amines) is 1. The molecule has 3 N–H and O–H groups in total. The van der Waals surface area contributed by atoms with Crippen molar-refractivity contribution >= 4 is 46.3 Å². The molecule has 2 atom stereocenters. The molecule has 248 valence electrons. The van der Waals surface area contributed by atoms with E-state index in [1.807, 2.05) is 52.5 Å². The third-order valence-corrected chi connectivity index (χ3v) is 8.00. The topological polar surface area (TPSA) is 140 Å². The van der Waals surface area contributed by atoms with Gasteiger partial charge in [0.1, 0.15) is 6.04 Å². The Balaban J connectivity index is 0.000000738. The number of nitrogens with one attached hydrogen (secondary N) is 1. The van der Waals surface area contributed by atoms with Gasteiger partial charge in [-0.15, -0.1) is 0 Å². The zero-order valence-electron chi connectivity index (χ0n) is 25.3. The minimum absolute atomic E-state index is 0.0317. The molecular weight excluding hydrogens is 625 g/mol. The predicted molar refractivity (Wildman–Crippen MR) is 168 cm³/mol. The number of rotatable bonds is 13. The number of fused-ring (bicyclic) bond motifs is 1. The Morgan fingerprint density at radius 3 is 2.41 bits per heavy atom. The molecule has 3 aromatic rings. The highest BCUT2D eigenvalue weighted by atomic mass is 32.2. The second-order valence-corrected chi connectivity index (χ2v) is 11.7. The van der Waals surface area contributed by atoms with Crippen LogP contribution < -0.4 is 5.32 Å². The van der Waals surface area contributed by atoms with Crippen molar-refractivity contribution in [3.63, 3.8) is 0 Å². The number of alkyl halides is 3. The van der Waals surface area contributed by atoms with Gasteiger partial charge in [0, 0.05) is 37.6 Å². The van der Waals surface area contributed by atoms with Crippen molar-refractivity contribution in [2.24, 2.45) is 0 Å². The predicted octanol–water partition coefficient (Wildman–Crippen LogP) is 4.23. The van der Waals surface area contributed by atoms with Crippen LogP contribution in [0.3, 0.4) is 0 Å². The van der Waals surface area contributed by atoms with Crippen LogP contribution >= 0.6 is 11.8 Å². The van der Waals surface area contributed by atoms with Crippen LogP contribution in [0.4, 0.5) is 13.2 Å². The van der Waals surface area contributed by atoms with E-state index in [-0.39, 0.29) is 30.8 Å². The molecule has 14 heteroatoms. The summed E-state index contributed by atoms with van der Waals surface area (Å²) in [6.45, 7) is 1.76. The van der Waals surface area contributed by atoms with Crippen LogP contribution in [0.15, 0.2) is 66.9 Å². The number of pyridine rings is 1. The number of thioether (sulfide) groups is 1. The monoisotopic (exact) mass is 662 g/mol. The van der Waals surface area contributed by atoms with Gasteiger partial charge in [0.05, 0.1) is 13.0 Å². The lowest BCUT2D eigenvalue weighted by atomic mass is 10.0. The molecular formula is C32H37F3N4O6S. The van der Waals surface area contributed by atoms with Crippen LogP contribution in [-0.4, -0.2) is 98.7 Å². The quantitative estimate of drug-likeness (QED) is 0.245. The molecule has 0 bridgehead atoms. The maximum atomic E-state index is 13.2. The fourth-order valence-corrected chi connectivity index (χ4v) is 5.67. The van der Waals surface area contributed by atoms with Gasteiger partial charge >= 0.3 is 18.1 Å². The standard InChI is InChI=1S/C30H36N4O4S.C2HF3O2/c1-39-17-14-27(30(37)38)32-28(35)21-33(19-23-10-6-9-22-8-2-3-13-26(22)23)20-25-12-7-16-34(25)29(36)18-24-11-4-5-15-31-24;3-2(4,5)1(6)7/h2-6,8-11,13,15,25,27H,7,12,14,16-21H2,1H3,(H,32,35)(H,37,38);(H,6,7)/t25-,27-;/m0./s1. The summed E-state index contributed by atoms with van der Waals surface area (Å²) >= 11 is 1.55. The summed E-state index contributed by atoms with van der Waals surface area (Å²) in [5.41, 5.74) is 1.83. The summed E-state index contributed by atoms with van der Waals surface area (Å²) in [6.07, 6.45) is 0.893. The first-order valence-corrected chi connectivity index (χ1v) is 16.0. The third-order valence-electron chi connectivity index (χ3n) is 7.35. The van der Waals surface area contributed by atoms with E-state index in [1.165, 1.54) is 0 Å². The minimum atomic E-state index is -5.08. The molecule has 46 heavy (non-hydrogen) atoms. The number of hydrogen-bond acceptors (Lipinski definition) is 7. The Morgan fingerprint density at radius 1 is 1.07 bits per heavy atom. The van der Waals surface area contributed by atoms with E-state index >= 15 is 0 Å². The molecule has 0 unspecified atom stereocenters. The Kier molecular flexibility index (Phi) is 13.8. The van der Waals surface area contributed by atoms with Gasteiger partial charge in [-0.25, -0.2) is 9.59 Å². The number of carbonyl (C=O) groups is 4. The Labute approximate surface area is 269 Å². The third kappa shape index (κ3) is 11.3. The number of halogens is 3. The molecule has 2 heterocycles. The number of amides is 2. The van der Waals surface area contributed by atoms with Crippen molar-refractivity contribution in [2.45, 2.75) is 50.5 Å². The number of hydrogen-bond donors (Lipinski definition) is 3. The fraction of sp³-hybridized carbons (Fsp3) is 0.406. The van der Waals surface area contributed by atoms with E-state index in [2.05, 4.69) is 34.6 Å². The number of aliphatic carboxylic acids is 2. The van der Waals surface area contributed by atoms with E-state index < -0.39 is 24.2 Å². The van der Waals surface area contributed by atoms with Crippen molar-refractivity contribution in [3.05, 3.63) is 78.1 Å². The number of nitrogens with zero attached hydrogens (tertiary/aromatic N) is 3. The first kappa shape index (κ1) is 36.3. The lowest BCUT2D eigenvalue weighted by molar-refractivity contribution is -0.192. The summed E-state index contributed by atoms with van der Waals surface area (Å²) in [4.78, 5) is 55.2. The second-order valence-electron chi connectivity index (χ2n) is 10.7. The van der Waals surface area contributed by atoms with E-state index in [4.69, 9.17) is 9.90 Å². The highest BCUT2D eigenvalue weighted by molar-refractivity contribution is 7.98. The molecule has 0 radical (unpaired) electrons. The zero-order valence-corrected chi connectivity index (χ0v) is 26.1. The highest BCUT2D eigenvalue weighted by Crippen LogP contribution is 2.23. The van der Waals surface area contributed by atoms with Gasteiger partial charge < -0.3 is 20.4 Å². The molecule has 0 saturated carbocycles. The van der Waals surface area contributed by atoms with Crippen molar-refractivity contribution < 1.29 is 42.6 Å². The molecule has 2 aromatic carbocycles. The van der Waals surface area contributed by atoms with E-state index in [1.54, 1.807) is 18.0 Å². The number of carboxylic acid groups (broad SMARTS) is 2. The van der Waals surface area contributed by atoms with Gasteiger partial charge in [0.15, 0.2) is 0 Å². The Morgan fingerprint density at radius 2 is 1.76 bits per heavy atom. The molecule has 2 amide bonds. The second kappa shape index (κ2) is 17.5. The molecule has 4 rings (SSSR count). The molecule has 0 spiro atoms. The SMILES string of the molecule is CSCC[C@H](NC(=O)CN(Cc1cccc2ccccc12)C[C@@H]1CCCN1C(=O)Cc1ccccn1)C(=O)O.O=C(O)C(F)(F)F. The molecule has 1 fully saturated rings. The smallest absolute Gasteiger partial charge is 0.480 e. The van der Waals surface area contributed by atoms with Crippen LogP contribution in [0.2, 0.25) is 0 Å². The van der Waals surface area contributed by atoms with Gasteiger partial charge in [-0.05, 0) is 59.7 Å². The Hall–Kier alpha value is -4.17. The summed E-state index contributed by atoms with van der Waals surface area (Å²) in [5, 5.41) is 21.7. The van der Waals surface area contributed by atoms with Crippen LogP contribution in [0, 0.1) is 0 Å². The van der Waals surface area contributed by atoms with Gasteiger partial charge in [-0.1, -0.05) is 48.5 Å². The van der Waals surface area contributed by atoms with E-state index in [0.717, 1.165) is 34.9 Å². The van der Waals surface area contributed by atoms with Crippen molar-refractivity contribution in [1.29, 1.82) is 0 Å². The maximum absolute atomic E-state index is 13.2. The minimum Gasteiger partial charge on any atom is -0.480 e. The summed E-state index contributed by atoms with van der Waals surface area (Å²) in [7, 11) is 0. The van der Waals surface area contributed by atoms with Crippen molar-refractivity contribution in [3.8, 4) is 0 Å². The van der Waals surface area contributed by atoms with Gasteiger partial charge in [-0.2, -0.15) is 24.9 Å². The van der Waals surface area contributed by atoms with Gasteiger partial charge in [-0.3, -0.25) is 19.5 Å². The molecule has 0 aliphatic carbocycles. The summed E-state index contributed by atoms with van der Waals surface area (Å²) < 4.78 is 31.7. The number of benzene rings is 2. The number of carbonyl (C=O) groups excluding carboxylic acids is 2. The zero-order chi connectivity index (χ0) is 33.7. The first-order valence-electron chi connectivity index (χ1n) is 14.6.